The van der Waals surface area contributed by atoms with Crippen LogP contribution in [0.1, 0.15) is 53.9 Å². The molecule has 90 valence electrons. The van der Waals surface area contributed by atoms with Crippen molar-refractivity contribution in [1.29, 1.82) is 0 Å². The van der Waals surface area contributed by atoms with E-state index in [0.29, 0.717) is 12.1 Å². The zero-order chi connectivity index (χ0) is 11.6. The average molecular weight is 213 g/mol. The fourth-order valence-electron chi connectivity index (χ4n) is 2.63. The molecule has 2 nitrogen and oxygen atoms in total. The Hall–Kier alpha value is -0.0800. The molecule has 0 bridgehead atoms. The number of rotatable bonds is 5. The summed E-state index contributed by atoms with van der Waals surface area (Å²) >= 11 is 0. The van der Waals surface area contributed by atoms with Crippen molar-refractivity contribution in [2.24, 2.45) is 11.3 Å². The molecule has 0 heterocycles. The van der Waals surface area contributed by atoms with Crippen molar-refractivity contribution in [2.75, 3.05) is 0 Å². The first-order chi connectivity index (χ1) is 6.93. The first-order valence-corrected chi connectivity index (χ1v) is 6.37. The third-order valence-electron chi connectivity index (χ3n) is 4.44. The largest absolute Gasteiger partial charge is 0.392 e. The van der Waals surface area contributed by atoms with E-state index in [2.05, 4.69) is 39.9 Å². The van der Waals surface area contributed by atoms with Crippen LogP contribution in [0.25, 0.3) is 0 Å². The van der Waals surface area contributed by atoms with Crippen LogP contribution in [0.3, 0.4) is 0 Å². The van der Waals surface area contributed by atoms with Crippen LogP contribution in [0, 0.1) is 11.3 Å². The van der Waals surface area contributed by atoms with E-state index in [1.54, 1.807) is 0 Å². The molecule has 0 aromatic rings. The lowest BCUT2D eigenvalue weighted by atomic mass is 9.64. The Morgan fingerprint density at radius 2 is 1.87 bits per heavy atom. The van der Waals surface area contributed by atoms with Gasteiger partial charge in [-0.2, -0.15) is 0 Å². The molecule has 0 spiro atoms. The van der Waals surface area contributed by atoms with Crippen LogP contribution in [0.2, 0.25) is 0 Å². The molecule has 3 atom stereocenters. The van der Waals surface area contributed by atoms with Crippen LogP contribution in [0.15, 0.2) is 0 Å². The molecule has 0 aliphatic heterocycles. The topological polar surface area (TPSA) is 32.3 Å². The maximum atomic E-state index is 9.67. The molecule has 2 heteroatoms. The molecule has 0 saturated heterocycles. The summed E-state index contributed by atoms with van der Waals surface area (Å²) < 4.78 is 0. The molecular weight excluding hydrogens is 186 g/mol. The van der Waals surface area contributed by atoms with Crippen LogP contribution >= 0.6 is 0 Å². The summed E-state index contributed by atoms with van der Waals surface area (Å²) in [7, 11) is 0. The van der Waals surface area contributed by atoms with E-state index < -0.39 is 0 Å². The molecule has 0 aromatic carbocycles. The van der Waals surface area contributed by atoms with Gasteiger partial charge in [0.2, 0.25) is 0 Å². The number of aliphatic hydroxyl groups excluding tert-OH is 1. The molecule has 0 amide bonds. The van der Waals surface area contributed by atoms with E-state index in [1.165, 1.54) is 12.8 Å². The second kappa shape index (κ2) is 4.84. The van der Waals surface area contributed by atoms with Crippen LogP contribution in [-0.2, 0) is 0 Å². The highest BCUT2D eigenvalue weighted by molar-refractivity contribution is 5.02. The van der Waals surface area contributed by atoms with Gasteiger partial charge in [0.1, 0.15) is 0 Å². The van der Waals surface area contributed by atoms with E-state index in [4.69, 9.17) is 0 Å². The Morgan fingerprint density at radius 3 is 2.20 bits per heavy atom. The predicted octanol–water partition coefficient (Wildman–Crippen LogP) is 2.56. The monoisotopic (exact) mass is 213 g/mol. The molecule has 1 aliphatic carbocycles. The standard InChI is InChI=1S/C13H27NO/c1-6-10(7-2)9(3)14-11-8-12(15)13(11,4)5/h9-12,14-15H,6-8H2,1-5H3. The van der Waals surface area contributed by atoms with E-state index in [-0.39, 0.29) is 11.5 Å². The Balaban J connectivity index is 2.42. The summed E-state index contributed by atoms with van der Waals surface area (Å²) in [5, 5.41) is 13.4. The second-order valence-corrected chi connectivity index (χ2v) is 5.66. The minimum Gasteiger partial charge on any atom is -0.392 e. The van der Waals surface area contributed by atoms with Crippen molar-refractivity contribution in [1.82, 2.24) is 5.32 Å². The lowest BCUT2D eigenvalue weighted by Crippen LogP contribution is -2.62. The number of aliphatic hydroxyl groups is 1. The normalized spacial score (nSPS) is 31.4. The van der Waals surface area contributed by atoms with Gasteiger partial charge in [-0.1, -0.05) is 40.5 Å². The fourth-order valence-corrected chi connectivity index (χ4v) is 2.63. The molecule has 1 rings (SSSR count). The van der Waals surface area contributed by atoms with Crippen LogP contribution in [0.5, 0.6) is 0 Å². The van der Waals surface area contributed by atoms with E-state index in [0.717, 1.165) is 12.3 Å². The van der Waals surface area contributed by atoms with Crippen molar-refractivity contribution < 1.29 is 5.11 Å². The third kappa shape index (κ3) is 2.54. The lowest BCUT2D eigenvalue weighted by molar-refractivity contribution is -0.0773. The zero-order valence-electron chi connectivity index (χ0n) is 10.9. The maximum Gasteiger partial charge on any atom is 0.0621 e. The SMILES string of the molecule is CCC(CC)C(C)NC1CC(O)C1(C)C. The summed E-state index contributed by atoms with van der Waals surface area (Å²) in [6.45, 7) is 11.1. The molecule has 0 aromatic heterocycles. The van der Waals surface area contributed by atoms with Gasteiger partial charge in [-0.05, 0) is 19.3 Å². The predicted molar refractivity (Wildman–Crippen MR) is 64.9 cm³/mol. The van der Waals surface area contributed by atoms with E-state index in [1.807, 2.05) is 0 Å². The van der Waals surface area contributed by atoms with Gasteiger partial charge in [0, 0.05) is 17.5 Å². The van der Waals surface area contributed by atoms with Crippen molar-refractivity contribution in [3.8, 4) is 0 Å². The van der Waals surface area contributed by atoms with Crippen molar-refractivity contribution in [3.05, 3.63) is 0 Å². The third-order valence-corrected chi connectivity index (χ3v) is 4.44. The van der Waals surface area contributed by atoms with E-state index >= 15 is 0 Å². The van der Waals surface area contributed by atoms with Crippen LogP contribution in [-0.4, -0.2) is 23.3 Å². The maximum absolute atomic E-state index is 9.67. The first-order valence-electron chi connectivity index (χ1n) is 6.37. The Labute approximate surface area is 94.5 Å². The van der Waals surface area contributed by atoms with Gasteiger partial charge in [-0.15, -0.1) is 0 Å². The summed E-state index contributed by atoms with van der Waals surface area (Å²) in [5.74, 6) is 0.763. The van der Waals surface area contributed by atoms with Crippen molar-refractivity contribution in [2.45, 2.75) is 72.1 Å². The molecule has 1 fully saturated rings. The van der Waals surface area contributed by atoms with Crippen molar-refractivity contribution in [3.63, 3.8) is 0 Å². The molecular formula is C13H27NO. The number of nitrogens with one attached hydrogen (secondary N) is 1. The number of hydrogen-bond acceptors (Lipinski definition) is 2. The molecule has 1 saturated carbocycles. The zero-order valence-corrected chi connectivity index (χ0v) is 10.9. The van der Waals surface area contributed by atoms with Gasteiger partial charge >= 0.3 is 0 Å². The Bertz CT molecular complexity index is 199. The summed E-state index contributed by atoms with van der Waals surface area (Å²) in [5.41, 5.74) is 0.0558. The average Bonchev–Trinajstić information content (AvgIpc) is 2.19. The quantitative estimate of drug-likeness (QED) is 0.735. The van der Waals surface area contributed by atoms with E-state index in [9.17, 15) is 5.11 Å². The van der Waals surface area contributed by atoms with Crippen LogP contribution in [0.4, 0.5) is 0 Å². The minimum absolute atomic E-state index is 0.0558. The van der Waals surface area contributed by atoms with Gasteiger partial charge < -0.3 is 10.4 Å². The number of hydrogen-bond donors (Lipinski definition) is 2. The van der Waals surface area contributed by atoms with Crippen LogP contribution < -0.4 is 5.32 Å². The van der Waals surface area contributed by atoms with Crippen molar-refractivity contribution >= 4 is 0 Å². The summed E-state index contributed by atoms with van der Waals surface area (Å²) in [6, 6.07) is 1.06. The Kier molecular flexibility index (Phi) is 4.19. The molecule has 3 unspecified atom stereocenters. The highest BCUT2D eigenvalue weighted by Gasteiger charge is 2.47. The minimum atomic E-state index is -0.121. The highest BCUT2D eigenvalue weighted by Crippen LogP contribution is 2.41. The molecule has 15 heavy (non-hydrogen) atoms. The van der Waals surface area contributed by atoms with Gasteiger partial charge in [-0.25, -0.2) is 0 Å². The lowest BCUT2D eigenvalue weighted by Gasteiger charge is -2.51. The molecule has 1 aliphatic rings. The molecule has 2 N–H and O–H groups in total. The van der Waals surface area contributed by atoms with Gasteiger partial charge in [0.15, 0.2) is 0 Å². The van der Waals surface area contributed by atoms with Gasteiger partial charge in [0.05, 0.1) is 6.10 Å². The second-order valence-electron chi connectivity index (χ2n) is 5.66. The smallest absolute Gasteiger partial charge is 0.0621 e. The molecule has 0 radical (unpaired) electrons. The first kappa shape index (κ1) is 13.0. The van der Waals surface area contributed by atoms with Gasteiger partial charge in [0.25, 0.3) is 0 Å². The van der Waals surface area contributed by atoms with Gasteiger partial charge in [-0.3, -0.25) is 0 Å². The Morgan fingerprint density at radius 1 is 1.33 bits per heavy atom. The highest BCUT2D eigenvalue weighted by atomic mass is 16.3. The summed E-state index contributed by atoms with van der Waals surface area (Å²) in [4.78, 5) is 0. The summed E-state index contributed by atoms with van der Waals surface area (Å²) in [6.07, 6.45) is 3.27. The fraction of sp³-hybridized carbons (Fsp3) is 1.00.